The second-order valence-corrected chi connectivity index (χ2v) is 12.8. The summed E-state index contributed by atoms with van der Waals surface area (Å²) in [6.45, 7) is 9.19. The largest absolute Gasteiger partial charge is 0.508 e. The van der Waals surface area contributed by atoms with Crippen LogP contribution >= 0.6 is 0 Å². The topological polar surface area (TPSA) is 96.3 Å². The van der Waals surface area contributed by atoms with Gasteiger partial charge in [0.1, 0.15) is 35.7 Å². The molecule has 0 amide bonds. The Morgan fingerprint density at radius 3 is 2.46 bits per heavy atom. The molecular formula is C31H35NO6S. The third-order valence-electron chi connectivity index (χ3n) is 7.66. The van der Waals surface area contributed by atoms with Crippen LogP contribution in [-0.2, 0) is 9.84 Å². The van der Waals surface area contributed by atoms with Crippen molar-refractivity contribution >= 4 is 21.0 Å². The zero-order chi connectivity index (χ0) is 27.9. The van der Waals surface area contributed by atoms with Gasteiger partial charge in [0.05, 0.1) is 4.90 Å². The van der Waals surface area contributed by atoms with Crippen LogP contribution in [0.1, 0.15) is 50.0 Å². The van der Waals surface area contributed by atoms with Gasteiger partial charge in [-0.1, -0.05) is 19.1 Å². The highest BCUT2D eigenvalue weighted by Crippen LogP contribution is 2.48. The minimum absolute atomic E-state index is 0.0171. The molecule has 1 fully saturated rings. The summed E-state index contributed by atoms with van der Waals surface area (Å²) >= 11 is 0. The van der Waals surface area contributed by atoms with Crippen LogP contribution in [0.15, 0.2) is 65.6 Å². The first-order valence-electron chi connectivity index (χ1n) is 13.2. The Labute approximate surface area is 230 Å². The average Bonchev–Trinajstić information content (AvgIpc) is 3.33. The fraction of sp³-hybridized carbons (Fsp3) is 0.355. The second kappa shape index (κ2) is 10.6. The molecule has 8 heteroatoms. The van der Waals surface area contributed by atoms with Gasteiger partial charge in [0.2, 0.25) is 0 Å². The highest BCUT2D eigenvalue weighted by atomic mass is 32.2. The van der Waals surface area contributed by atoms with Crippen LogP contribution < -0.4 is 9.47 Å². The van der Waals surface area contributed by atoms with Gasteiger partial charge in [-0.25, -0.2) is 8.42 Å². The normalized spacial score (nSPS) is 20.4. The van der Waals surface area contributed by atoms with Crippen molar-refractivity contribution in [2.45, 2.75) is 44.2 Å². The number of nitrogens with zero attached hydrogens (tertiary/aromatic N) is 1. The fourth-order valence-electron chi connectivity index (χ4n) is 5.43. The first-order valence-corrected chi connectivity index (χ1v) is 15.1. The van der Waals surface area contributed by atoms with Crippen molar-refractivity contribution in [3.05, 3.63) is 77.4 Å². The number of rotatable bonds is 7. The molecule has 206 valence electrons. The second-order valence-electron chi connectivity index (χ2n) is 10.8. The number of allylic oxidation sites excluding steroid dienone is 1. The first kappa shape index (κ1) is 27.1. The van der Waals surface area contributed by atoms with E-state index in [9.17, 15) is 18.6 Å². The zero-order valence-electron chi connectivity index (χ0n) is 22.7. The van der Waals surface area contributed by atoms with Crippen molar-refractivity contribution < 1.29 is 28.1 Å². The Bertz CT molecular complexity index is 1510. The first-order chi connectivity index (χ1) is 18.5. The third-order valence-corrected chi connectivity index (χ3v) is 8.75. The number of aromatic hydroxyl groups is 2. The number of hydrogen-bond donors (Lipinski definition) is 2. The van der Waals surface area contributed by atoms with Crippen molar-refractivity contribution in [2.75, 3.05) is 26.0 Å². The smallest absolute Gasteiger partial charge is 0.175 e. The van der Waals surface area contributed by atoms with Gasteiger partial charge in [-0.2, -0.15) is 0 Å². The zero-order valence-corrected chi connectivity index (χ0v) is 23.5. The number of hydrogen-bond acceptors (Lipinski definition) is 7. The van der Waals surface area contributed by atoms with Gasteiger partial charge in [-0.15, -0.1) is 0 Å². The Morgan fingerprint density at radius 1 is 1.05 bits per heavy atom. The Kier molecular flexibility index (Phi) is 7.35. The van der Waals surface area contributed by atoms with Crippen LogP contribution in [0.25, 0.3) is 11.1 Å². The van der Waals surface area contributed by atoms with E-state index in [1.165, 1.54) is 18.6 Å². The minimum atomic E-state index is -3.57. The molecule has 7 nitrogen and oxygen atoms in total. The molecule has 39 heavy (non-hydrogen) atoms. The Hall–Kier alpha value is -3.49. The number of phenols is 2. The van der Waals surface area contributed by atoms with Crippen LogP contribution in [-0.4, -0.2) is 55.5 Å². The van der Waals surface area contributed by atoms with Crippen molar-refractivity contribution in [3.63, 3.8) is 0 Å². The molecule has 2 N–H and O–H groups in total. The van der Waals surface area contributed by atoms with E-state index in [1.807, 2.05) is 31.2 Å². The average molecular weight is 550 g/mol. The fourth-order valence-corrected chi connectivity index (χ4v) is 6.10. The van der Waals surface area contributed by atoms with E-state index in [0.717, 1.165) is 42.1 Å². The molecule has 3 aromatic rings. The lowest BCUT2D eigenvalue weighted by Gasteiger charge is -2.31. The number of fused-ring (bicyclic) bond motifs is 1. The summed E-state index contributed by atoms with van der Waals surface area (Å²) in [7, 11) is -3.57. The van der Waals surface area contributed by atoms with Crippen molar-refractivity contribution in [3.8, 4) is 23.0 Å². The lowest BCUT2D eigenvalue weighted by atomic mass is 9.86. The van der Waals surface area contributed by atoms with Gasteiger partial charge in [-0.3, -0.25) is 4.90 Å². The van der Waals surface area contributed by atoms with Gasteiger partial charge < -0.3 is 19.7 Å². The van der Waals surface area contributed by atoms with Crippen LogP contribution in [0, 0.1) is 5.92 Å². The summed E-state index contributed by atoms with van der Waals surface area (Å²) in [6.07, 6.45) is 1.76. The maximum Gasteiger partial charge on any atom is 0.175 e. The van der Waals surface area contributed by atoms with Crippen LogP contribution in [0.2, 0.25) is 0 Å². The van der Waals surface area contributed by atoms with Crippen LogP contribution in [0.3, 0.4) is 0 Å². The SMILES string of the molecule is CC1=C(c2cc(O)cc(S(C)(=O)=O)c2)C(c2ccc(OCC(C)N3CCC(C)C3)cc2)Oc2ccc(O)cc21. The van der Waals surface area contributed by atoms with E-state index >= 15 is 0 Å². The number of sulfone groups is 1. The maximum absolute atomic E-state index is 12.3. The minimum Gasteiger partial charge on any atom is -0.508 e. The highest BCUT2D eigenvalue weighted by Gasteiger charge is 2.31. The summed E-state index contributed by atoms with van der Waals surface area (Å²) < 4.78 is 37.2. The molecule has 1 saturated heterocycles. The molecule has 3 atom stereocenters. The van der Waals surface area contributed by atoms with Crippen molar-refractivity contribution in [1.29, 1.82) is 0 Å². The monoisotopic (exact) mass is 549 g/mol. The number of ether oxygens (including phenoxy) is 2. The molecule has 2 aliphatic rings. The summed E-state index contributed by atoms with van der Waals surface area (Å²) in [4.78, 5) is 2.48. The molecule has 3 unspecified atom stereocenters. The summed E-state index contributed by atoms with van der Waals surface area (Å²) in [5.74, 6) is 2.04. The Morgan fingerprint density at radius 2 is 1.79 bits per heavy atom. The van der Waals surface area contributed by atoms with Gasteiger partial charge in [0.15, 0.2) is 9.84 Å². The lowest BCUT2D eigenvalue weighted by Crippen LogP contribution is -2.35. The van der Waals surface area contributed by atoms with E-state index in [-0.39, 0.29) is 16.4 Å². The molecular weight excluding hydrogens is 514 g/mol. The van der Waals surface area contributed by atoms with Gasteiger partial charge in [0.25, 0.3) is 0 Å². The lowest BCUT2D eigenvalue weighted by molar-refractivity contribution is 0.169. The van der Waals surface area contributed by atoms with E-state index in [4.69, 9.17) is 9.47 Å². The number of benzene rings is 3. The summed E-state index contributed by atoms with van der Waals surface area (Å²) in [5, 5.41) is 20.5. The summed E-state index contributed by atoms with van der Waals surface area (Å²) in [5.41, 5.74) is 3.60. The highest BCUT2D eigenvalue weighted by molar-refractivity contribution is 7.90. The molecule has 5 rings (SSSR count). The maximum atomic E-state index is 12.3. The van der Waals surface area contributed by atoms with E-state index < -0.39 is 15.9 Å². The van der Waals surface area contributed by atoms with Gasteiger partial charge in [-0.05, 0) is 98.0 Å². The predicted molar refractivity (Wildman–Crippen MR) is 152 cm³/mol. The predicted octanol–water partition coefficient (Wildman–Crippen LogP) is 5.67. The van der Waals surface area contributed by atoms with Gasteiger partial charge >= 0.3 is 0 Å². The van der Waals surface area contributed by atoms with Crippen LogP contribution in [0.4, 0.5) is 0 Å². The van der Waals surface area contributed by atoms with E-state index in [2.05, 4.69) is 18.7 Å². The molecule has 2 heterocycles. The molecule has 2 aliphatic heterocycles. The Balaban J connectivity index is 1.48. The molecule has 0 saturated carbocycles. The van der Waals surface area contributed by atoms with Crippen molar-refractivity contribution in [2.24, 2.45) is 5.92 Å². The van der Waals surface area contributed by atoms with Gasteiger partial charge in [0, 0.05) is 30.0 Å². The molecule has 0 spiro atoms. The van der Waals surface area contributed by atoms with E-state index in [1.54, 1.807) is 24.3 Å². The molecule has 3 aromatic carbocycles. The molecule has 0 aliphatic carbocycles. The van der Waals surface area contributed by atoms with Crippen LogP contribution in [0.5, 0.6) is 23.0 Å². The summed E-state index contributed by atoms with van der Waals surface area (Å²) in [6, 6.07) is 17.3. The van der Waals surface area contributed by atoms with Crippen molar-refractivity contribution in [1.82, 2.24) is 4.90 Å². The molecule has 0 radical (unpaired) electrons. The van der Waals surface area contributed by atoms with E-state index in [0.29, 0.717) is 35.1 Å². The quantitative estimate of drug-likeness (QED) is 0.392. The number of likely N-dealkylation sites (tertiary alicyclic amines) is 1. The third kappa shape index (κ3) is 5.77. The number of phenolic OH excluding ortho intramolecular Hbond substituents is 2. The molecule has 0 aromatic heterocycles. The standard InChI is InChI=1S/C31H35NO6S/c1-19-11-12-32(17-19)20(2)18-37-26-8-5-22(6-9-26)31-30(21(3)28-16-24(33)7-10-29(28)38-31)23-13-25(34)15-27(14-23)39(4,35)36/h5-10,13-16,19-20,31,33-34H,11-12,17-18H2,1-4H3. The molecule has 0 bridgehead atoms.